The van der Waals surface area contributed by atoms with Gasteiger partial charge >= 0.3 is 11.9 Å². The molecule has 0 aliphatic heterocycles. The summed E-state index contributed by atoms with van der Waals surface area (Å²) in [6.45, 7) is 4.11. The minimum atomic E-state index is -0.917. The van der Waals surface area contributed by atoms with Gasteiger partial charge in [-0.05, 0) is 60.4 Å². The third-order valence-electron chi connectivity index (χ3n) is 4.80. The van der Waals surface area contributed by atoms with E-state index < -0.39 is 11.9 Å². The molecule has 0 spiro atoms. The highest BCUT2D eigenvalue weighted by atomic mass is 32.2. The van der Waals surface area contributed by atoms with Gasteiger partial charge in [0.25, 0.3) is 0 Å². The molecule has 0 atom stereocenters. The van der Waals surface area contributed by atoms with Gasteiger partial charge in [-0.1, -0.05) is 36.4 Å². The minimum Gasteiger partial charge on any atom is -0.478 e. The van der Waals surface area contributed by atoms with Gasteiger partial charge in [-0.2, -0.15) is 0 Å². The highest BCUT2D eigenvalue weighted by molar-refractivity contribution is 7.98. The maximum atomic E-state index is 11.4. The van der Waals surface area contributed by atoms with Gasteiger partial charge in [0, 0.05) is 21.3 Å². The summed E-state index contributed by atoms with van der Waals surface area (Å²) in [7, 11) is 0. The largest absolute Gasteiger partial charge is 0.478 e. The molecule has 30 heavy (non-hydrogen) atoms. The van der Waals surface area contributed by atoms with Crippen LogP contribution in [0.15, 0.2) is 70.5 Å². The van der Waals surface area contributed by atoms with E-state index in [9.17, 15) is 19.8 Å². The molecular formula is C24H22O4S2. The number of aromatic carboxylic acids is 2. The van der Waals surface area contributed by atoms with E-state index in [1.54, 1.807) is 24.3 Å². The second-order valence-electron chi connectivity index (χ2n) is 6.89. The summed E-state index contributed by atoms with van der Waals surface area (Å²) in [5, 5.41) is 18.7. The number of carboxylic acids is 2. The molecule has 2 N–H and O–H groups in total. The molecule has 3 aromatic rings. The first-order chi connectivity index (χ1) is 14.4. The molecule has 0 saturated heterocycles. The zero-order valence-corrected chi connectivity index (χ0v) is 18.3. The predicted octanol–water partition coefficient (Wildman–Crippen LogP) is 6.28. The molecule has 3 rings (SSSR count). The van der Waals surface area contributed by atoms with Crippen LogP contribution in [0.2, 0.25) is 0 Å². The summed E-state index contributed by atoms with van der Waals surface area (Å²) in [6.07, 6.45) is 0. The van der Waals surface area contributed by atoms with Gasteiger partial charge in [-0.3, -0.25) is 0 Å². The molecule has 0 unspecified atom stereocenters. The van der Waals surface area contributed by atoms with E-state index in [2.05, 4.69) is 26.0 Å². The van der Waals surface area contributed by atoms with Crippen molar-refractivity contribution in [2.45, 2.75) is 35.1 Å². The van der Waals surface area contributed by atoms with E-state index >= 15 is 0 Å². The lowest BCUT2D eigenvalue weighted by molar-refractivity contribution is 0.0682. The second kappa shape index (κ2) is 9.87. The van der Waals surface area contributed by atoms with Gasteiger partial charge in [0.15, 0.2) is 0 Å². The van der Waals surface area contributed by atoms with Crippen LogP contribution in [-0.2, 0) is 11.5 Å². The molecule has 154 valence electrons. The SMILES string of the molecule is Cc1cc(CSc2ccccc2C(=O)O)c(C)cc1CSc1ccccc1C(=O)O. The van der Waals surface area contributed by atoms with Gasteiger partial charge in [-0.25, -0.2) is 9.59 Å². The summed E-state index contributed by atoms with van der Waals surface area (Å²) < 4.78 is 0. The summed E-state index contributed by atoms with van der Waals surface area (Å²) >= 11 is 3.04. The number of carboxylic acid groups (broad SMARTS) is 2. The van der Waals surface area contributed by atoms with Gasteiger partial charge in [0.05, 0.1) is 11.1 Å². The Morgan fingerprint density at radius 2 is 1.07 bits per heavy atom. The van der Waals surface area contributed by atoms with E-state index in [0.29, 0.717) is 22.6 Å². The molecule has 0 fully saturated rings. The number of aryl methyl sites for hydroxylation is 2. The van der Waals surface area contributed by atoms with Gasteiger partial charge in [0.1, 0.15) is 0 Å². The quantitative estimate of drug-likeness (QED) is 0.403. The van der Waals surface area contributed by atoms with Crippen LogP contribution in [0.5, 0.6) is 0 Å². The normalized spacial score (nSPS) is 10.7. The number of benzene rings is 3. The lowest BCUT2D eigenvalue weighted by Crippen LogP contribution is -2.00. The summed E-state index contributed by atoms with van der Waals surface area (Å²) in [4.78, 5) is 24.3. The molecule has 0 bridgehead atoms. The van der Waals surface area contributed by atoms with Crippen LogP contribution < -0.4 is 0 Å². The molecule has 4 nitrogen and oxygen atoms in total. The average Bonchev–Trinajstić information content (AvgIpc) is 2.73. The molecule has 0 heterocycles. The van der Waals surface area contributed by atoms with Crippen LogP contribution in [-0.4, -0.2) is 22.2 Å². The van der Waals surface area contributed by atoms with Gasteiger partial charge in [0.2, 0.25) is 0 Å². The summed E-state index contributed by atoms with van der Waals surface area (Å²) in [5.41, 5.74) is 5.25. The molecule has 0 aliphatic rings. The first-order valence-corrected chi connectivity index (χ1v) is 11.3. The lowest BCUT2D eigenvalue weighted by Gasteiger charge is -2.13. The molecule has 0 saturated carbocycles. The van der Waals surface area contributed by atoms with Crippen molar-refractivity contribution >= 4 is 35.5 Å². The first-order valence-electron chi connectivity index (χ1n) is 9.36. The molecule has 0 amide bonds. The highest BCUT2D eigenvalue weighted by Crippen LogP contribution is 2.31. The van der Waals surface area contributed by atoms with Crippen molar-refractivity contribution in [3.05, 3.63) is 94.0 Å². The van der Waals surface area contributed by atoms with Gasteiger partial charge in [-0.15, -0.1) is 23.5 Å². The molecule has 0 aromatic heterocycles. The van der Waals surface area contributed by atoms with Crippen LogP contribution in [0.25, 0.3) is 0 Å². The van der Waals surface area contributed by atoms with Crippen molar-refractivity contribution in [1.82, 2.24) is 0 Å². The van der Waals surface area contributed by atoms with E-state index in [1.807, 2.05) is 24.3 Å². The Bertz CT molecular complexity index is 1010. The van der Waals surface area contributed by atoms with Crippen molar-refractivity contribution in [1.29, 1.82) is 0 Å². The fraction of sp³-hybridized carbons (Fsp3) is 0.167. The number of hydrogen-bond acceptors (Lipinski definition) is 4. The lowest BCUT2D eigenvalue weighted by atomic mass is 10.0. The minimum absolute atomic E-state index is 0.321. The van der Waals surface area contributed by atoms with E-state index in [0.717, 1.165) is 32.0 Å². The smallest absolute Gasteiger partial charge is 0.336 e. The van der Waals surface area contributed by atoms with Crippen molar-refractivity contribution < 1.29 is 19.8 Å². The summed E-state index contributed by atoms with van der Waals surface area (Å²) in [6, 6.07) is 18.4. The fourth-order valence-electron chi connectivity index (χ4n) is 3.10. The van der Waals surface area contributed by atoms with Crippen molar-refractivity contribution in [2.75, 3.05) is 0 Å². The Morgan fingerprint density at radius 3 is 1.43 bits per heavy atom. The molecule has 0 aliphatic carbocycles. The Balaban J connectivity index is 1.73. The maximum Gasteiger partial charge on any atom is 0.336 e. The third-order valence-corrected chi connectivity index (χ3v) is 7.04. The molecule has 6 heteroatoms. The fourth-order valence-corrected chi connectivity index (χ4v) is 5.31. The molecular weight excluding hydrogens is 416 g/mol. The Kier molecular flexibility index (Phi) is 7.24. The first kappa shape index (κ1) is 22.0. The van der Waals surface area contributed by atoms with E-state index in [-0.39, 0.29) is 0 Å². The number of hydrogen-bond donors (Lipinski definition) is 2. The Labute approximate surface area is 184 Å². The van der Waals surface area contributed by atoms with Crippen molar-refractivity contribution in [3.63, 3.8) is 0 Å². The van der Waals surface area contributed by atoms with Crippen LogP contribution in [0.1, 0.15) is 43.0 Å². The third kappa shape index (κ3) is 5.26. The van der Waals surface area contributed by atoms with Crippen molar-refractivity contribution in [2.24, 2.45) is 0 Å². The highest BCUT2D eigenvalue weighted by Gasteiger charge is 2.13. The monoisotopic (exact) mass is 438 g/mol. The zero-order valence-electron chi connectivity index (χ0n) is 16.7. The maximum absolute atomic E-state index is 11.4. The van der Waals surface area contributed by atoms with Crippen LogP contribution >= 0.6 is 23.5 Å². The Morgan fingerprint density at radius 1 is 0.700 bits per heavy atom. The van der Waals surface area contributed by atoms with Gasteiger partial charge < -0.3 is 10.2 Å². The van der Waals surface area contributed by atoms with Crippen LogP contribution in [0, 0.1) is 13.8 Å². The zero-order chi connectivity index (χ0) is 21.7. The van der Waals surface area contributed by atoms with Crippen LogP contribution in [0.3, 0.4) is 0 Å². The van der Waals surface area contributed by atoms with E-state index in [4.69, 9.17) is 0 Å². The predicted molar refractivity (Wildman–Crippen MR) is 122 cm³/mol. The number of rotatable bonds is 8. The topological polar surface area (TPSA) is 74.6 Å². The van der Waals surface area contributed by atoms with Crippen LogP contribution in [0.4, 0.5) is 0 Å². The number of carbonyl (C=O) groups is 2. The second-order valence-corrected chi connectivity index (χ2v) is 8.92. The summed E-state index contributed by atoms with van der Waals surface area (Å²) in [5.74, 6) is -0.460. The Hall–Kier alpha value is -2.70. The average molecular weight is 439 g/mol. The van der Waals surface area contributed by atoms with E-state index in [1.165, 1.54) is 23.5 Å². The number of thioether (sulfide) groups is 2. The standard InChI is InChI=1S/C24H22O4S2/c1-15-11-18(14-30-22-10-6-4-8-20(22)24(27)28)16(2)12-17(15)13-29-21-9-5-3-7-19(21)23(25)26/h3-12H,13-14H2,1-2H3,(H,25,26)(H,27,28). The molecule has 3 aromatic carbocycles. The molecule has 0 radical (unpaired) electrons. The van der Waals surface area contributed by atoms with Crippen molar-refractivity contribution in [3.8, 4) is 0 Å².